The molecule has 0 spiro atoms. The summed E-state index contributed by atoms with van der Waals surface area (Å²) in [6.45, 7) is 8.88. The van der Waals surface area contributed by atoms with Gasteiger partial charge in [0.2, 0.25) is 5.91 Å². The van der Waals surface area contributed by atoms with Crippen molar-refractivity contribution in [3.8, 4) is 11.5 Å². The van der Waals surface area contributed by atoms with Gasteiger partial charge in [-0.05, 0) is 56.7 Å². The number of hydrogen-bond donors (Lipinski definition) is 4. The van der Waals surface area contributed by atoms with E-state index < -0.39 is 60.3 Å². The van der Waals surface area contributed by atoms with Crippen LogP contribution in [0.1, 0.15) is 55.9 Å². The highest BCUT2D eigenvalue weighted by atomic mass is 19.1. The molecule has 1 heterocycles. The monoisotopic (exact) mass is 480 g/mol. The SMILES string of the molecule is Cc1c(C)c2c(c(C)c1O)CC[C@@](C)(C(=O)N[C@H](C(=O)NC(CC(=O)O)C(=O)CF)C(C)C)O2. The largest absolute Gasteiger partial charge is 0.507 e. The predicted molar refractivity (Wildman–Crippen MR) is 122 cm³/mol. The van der Waals surface area contributed by atoms with Crippen LogP contribution in [0.2, 0.25) is 0 Å². The Morgan fingerprint density at radius 2 is 1.71 bits per heavy atom. The van der Waals surface area contributed by atoms with Gasteiger partial charge in [0.25, 0.3) is 5.91 Å². The van der Waals surface area contributed by atoms with Gasteiger partial charge < -0.3 is 25.6 Å². The normalized spacial score (nSPS) is 18.9. The van der Waals surface area contributed by atoms with E-state index in [0.717, 1.165) is 11.1 Å². The molecule has 0 saturated heterocycles. The first-order valence-corrected chi connectivity index (χ1v) is 11.2. The Balaban J connectivity index is 2.25. The molecule has 0 fully saturated rings. The lowest BCUT2D eigenvalue weighted by Gasteiger charge is -2.38. The maximum absolute atomic E-state index is 13.3. The average Bonchev–Trinajstić information content (AvgIpc) is 2.77. The van der Waals surface area contributed by atoms with E-state index in [4.69, 9.17) is 9.84 Å². The number of Topliss-reactive ketones (excluding diaryl/α,β-unsaturated/α-hetero) is 1. The minimum absolute atomic E-state index is 0.197. The van der Waals surface area contributed by atoms with Crippen molar-refractivity contribution in [3.05, 3.63) is 22.3 Å². The van der Waals surface area contributed by atoms with Gasteiger partial charge in [0.15, 0.2) is 11.4 Å². The molecule has 0 saturated carbocycles. The number of phenolic OH excluding ortho intramolecular Hbond substituents is 1. The molecule has 1 aliphatic heterocycles. The number of aliphatic carboxylic acids is 1. The third-order valence-corrected chi connectivity index (χ3v) is 6.45. The van der Waals surface area contributed by atoms with E-state index >= 15 is 0 Å². The first-order valence-electron chi connectivity index (χ1n) is 11.2. The number of alkyl halides is 1. The zero-order chi connectivity index (χ0) is 26.0. The number of halogens is 1. The van der Waals surface area contributed by atoms with Gasteiger partial charge >= 0.3 is 5.97 Å². The number of fused-ring (bicyclic) bond motifs is 1. The standard InChI is InChI=1S/C24H33FN2O7/c1-11(2)19(22(32)26-16(9-18(29)30)17(28)10-25)27-23(33)24(6)8-7-15-14(5)20(31)12(3)13(4)21(15)34-24/h11,16,19,31H,7-10H2,1-6H3,(H,26,32)(H,27,33)(H,29,30)/t16?,19-,24-/m0/s1. The third-order valence-electron chi connectivity index (χ3n) is 6.45. The Hall–Kier alpha value is -3.17. The van der Waals surface area contributed by atoms with Crippen LogP contribution in [0.25, 0.3) is 0 Å². The average molecular weight is 481 g/mol. The molecule has 2 rings (SSSR count). The van der Waals surface area contributed by atoms with Gasteiger partial charge in [0.1, 0.15) is 30.3 Å². The second-order valence-electron chi connectivity index (χ2n) is 9.32. The summed E-state index contributed by atoms with van der Waals surface area (Å²) in [6, 6.07) is -2.65. The number of aromatic hydroxyl groups is 1. The minimum atomic E-state index is -1.54. The summed E-state index contributed by atoms with van der Waals surface area (Å²) >= 11 is 0. The first-order chi connectivity index (χ1) is 15.7. The number of benzene rings is 1. The fourth-order valence-corrected chi connectivity index (χ4v) is 4.01. The van der Waals surface area contributed by atoms with Crippen molar-refractivity contribution in [1.29, 1.82) is 0 Å². The molecule has 0 bridgehead atoms. The van der Waals surface area contributed by atoms with Crippen LogP contribution in [-0.4, -0.2) is 58.1 Å². The van der Waals surface area contributed by atoms with Crippen molar-refractivity contribution in [2.75, 3.05) is 6.67 Å². The van der Waals surface area contributed by atoms with Crippen molar-refractivity contribution in [2.24, 2.45) is 5.92 Å². The Labute approximate surface area is 198 Å². The summed E-state index contributed by atoms with van der Waals surface area (Å²) in [4.78, 5) is 48.9. The molecule has 1 aromatic carbocycles. The summed E-state index contributed by atoms with van der Waals surface area (Å²) in [5.74, 6) is -3.47. The molecule has 34 heavy (non-hydrogen) atoms. The van der Waals surface area contributed by atoms with Crippen LogP contribution in [0.5, 0.6) is 11.5 Å². The lowest BCUT2D eigenvalue weighted by Crippen LogP contribution is -2.59. The molecule has 9 nitrogen and oxygen atoms in total. The van der Waals surface area contributed by atoms with Gasteiger partial charge in [-0.25, -0.2) is 4.39 Å². The molecule has 1 aliphatic rings. The fourth-order valence-electron chi connectivity index (χ4n) is 4.01. The predicted octanol–water partition coefficient (Wildman–Crippen LogP) is 2.04. The third kappa shape index (κ3) is 5.48. The number of hydrogen-bond acceptors (Lipinski definition) is 6. The molecular weight excluding hydrogens is 447 g/mol. The van der Waals surface area contributed by atoms with E-state index in [9.17, 15) is 28.7 Å². The van der Waals surface area contributed by atoms with Gasteiger partial charge in [-0.2, -0.15) is 0 Å². The maximum atomic E-state index is 13.3. The highest BCUT2D eigenvalue weighted by Gasteiger charge is 2.43. The van der Waals surface area contributed by atoms with Crippen LogP contribution in [0.3, 0.4) is 0 Å². The highest BCUT2D eigenvalue weighted by molar-refractivity contribution is 5.96. The van der Waals surface area contributed by atoms with Gasteiger partial charge in [0, 0.05) is 12.0 Å². The Bertz CT molecular complexity index is 1010. The van der Waals surface area contributed by atoms with Gasteiger partial charge in [-0.15, -0.1) is 0 Å². The molecule has 0 aliphatic carbocycles. The van der Waals surface area contributed by atoms with Gasteiger partial charge in [-0.1, -0.05) is 13.8 Å². The second kappa shape index (κ2) is 10.4. The number of ketones is 1. The highest BCUT2D eigenvalue weighted by Crippen LogP contribution is 2.43. The van der Waals surface area contributed by atoms with Gasteiger partial charge in [-0.3, -0.25) is 19.2 Å². The van der Waals surface area contributed by atoms with E-state index in [2.05, 4.69) is 10.6 Å². The molecule has 4 N–H and O–H groups in total. The quantitative estimate of drug-likeness (QED) is 0.424. The number of carboxylic acids is 1. The lowest BCUT2D eigenvalue weighted by atomic mass is 9.86. The van der Waals surface area contributed by atoms with E-state index in [1.165, 1.54) is 0 Å². The Morgan fingerprint density at radius 3 is 2.24 bits per heavy atom. The van der Waals surface area contributed by atoms with Crippen LogP contribution in [-0.2, 0) is 25.6 Å². The molecule has 10 heteroatoms. The van der Waals surface area contributed by atoms with E-state index in [1.807, 2.05) is 0 Å². The molecule has 1 unspecified atom stereocenters. The first kappa shape index (κ1) is 27.1. The van der Waals surface area contributed by atoms with Crippen molar-refractivity contribution in [2.45, 2.75) is 78.5 Å². The summed E-state index contributed by atoms with van der Waals surface area (Å²) in [7, 11) is 0. The van der Waals surface area contributed by atoms with Crippen LogP contribution in [0.4, 0.5) is 4.39 Å². The number of carbonyl (C=O) groups is 4. The van der Waals surface area contributed by atoms with Crippen LogP contribution < -0.4 is 15.4 Å². The van der Waals surface area contributed by atoms with E-state index in [1.54, 1.807) is 41.5 Å². The summed E-state index contributed by atoms with van der Waals surface area (Å²) in [5.41, 5.74) is 1.59. The van der Waals surface area contributed by atoms with Crippen LogP contribution in [0, 0.1) is 26.7 Å². The molecule has 188 valence electrons. The molecule has 1 aromatic rings. The Kier molecular flexibility index (Phi) is 8.28. The van der Waals surface area contributed by atoms with Crippen LogP contribution >= 0.6 is 0 Å². The molecule has 2 amide bonds. The summed E-state index contributed by atoms with van der Waals surface area (Å²) < 4.78 is 19.0. The number of rotatable bonds is 9. The van der Waals surface area contributed by atoms with E-state index in [-0.39, 0.29) is 5.75 Å². The topological polar surface area (TPSA) is 142 Å². The van der Waals surface area contributed by atoms with Crippen LogP contribution in [0.15, 0.2) is 0 Å². The lowest BCUT2D eigenvalue weighted by molar-refractivity contribution is -0.143. The second-order valence-corrected chi connectivity index (χ2v) is 9.32. The maximum Gasteiger partial charge on any atom is 0.305 e. The molecule has 3 atom stereocenters. The molecule has 0 radical (unpaired) electrons. The smallest absolute Gasteiger partial charge is 0.305 e. The fraction of sp³-hybridized carbons (Fsp3) is 0.583. The van der Waals surface area contributed by atoms with Crippen molar-refractivity contribution < 1.29 is 38.5 Å². The molecular formula is C24H33FN2O7. The Morgan fingerprint density at radius 1 is 1.09 bits per heavy atom. The van der Waals surface area contributed by atoms with E-state index in [0.29, 0.717) is 29.7 Å². The number of ether oxygens (including phenoxy) is 1. The summed E-state index contributed by atoms with van der Waals surface area (Å²) in [5, 5.41) is 24.2. The number of nitrogens with one attached hydrogen (secondary N) is 2. The van der Waals surface area contributed by atoms with Crippen molar-refractivity contribution >= 4 is 23.6 Å². The molecule has 0 aromatic heterocycles. The number of carbonyl (C=O) groups excluding carboxylic acids is 3. The number of carboxylic acid groups (broad SMARTS) is 1. The zero-order valence-electron chi connectivity index (χ0n) is 20.4. The van der Waals surface area contributed by atoms with Gasteiger partial charge in [0.05, 0.1) is 6.42 Å². The number of amides is 2. The van der Waals surface area contributed by atoms with Crippen molar-refractivity contribution in [3.63, 3.8) is 0 Å². The number of phenols is 1. The van der Waals surface area contributed by atoms with Crippen molar-refractivity contribution in [1.82, 2.24) is 10.6 Å². The minimum Gasteiger partial charge on any atom is -0.507 e. The summed E-state index contributed by atoms with van der Waals surface area (Å²) in [6.07, 6.45) is 0.00269. The zero-order valence-corrected chi connectivity index (χ0v) is 20.4.